The van der Waals surface area contributed by atoms with Crippen LogP contribution >= 0.6 is 0 Å². The monoisotopic (exact) mass is 429 g/mol. The lowest BCUT2D eigenvalue weighted by atomic mass is 9.96. The van der Waals surface area contributed by atoms with Gasteiger partial charge in [-0.2, -0.15) is 0 Å². The summed E-state index contributed by atoms with van der Waals surface area (Å²) in [5.41, 5.74) is 1.46. The molecule has 0 bridgehead atoms. The van der Waals surface area contributed by atoms with Gasteiger partial charge in [0.25, 0.3) is 0 Å². The van der Waals surface area contributed by atoms with E-state index in [1.54, 1.807) is 23.9 Å². The normalized spacial score (nSPS) is 17.7. The maximum atomic E-state index is 12.8. The summed E-state index contributed by atoms with van der Waals surface area (Å²) in [6.07, 6.45) is 7.46. The fourth-order valence-electron chi connectivity index (χ4n) is 4.20. The number of likely N-dealkylation sites (tertiary alicyclic amines) is 1. The number of nitrogens with zero attached hydrogens (tertiary/aromatic N) is 2. The highest BCUT2D eigenvalue weighted by Crippen LogP contribution is 2.19. The fraction of sp³-hybridized carbons (Fsp3) is 0.609. The Morgan fingerprint density at radius 2 is 1.55 bits per heavy atom. The van der Waals surface area contributed by atoms with Crippen LogP contribution in [-0.2, 0) is 11.2 Å². The zero-order chi connectivity index (χ0) is 22.2. The number of urea groups is 2. The molecular weight excluding hydrogens is 394 g/mol. The van der Waals surface area contributed by atoms with E-state index in [-0.39, 0.29) is 30.4 Å². The summed E-state index contributed by atoms with van der Waals surface area (Å²) in [6.45, 7) is 1.16. The van der Waals surface area contributed by atoms with Crippen molar-refractivity contribution < 1.29 is 14.4 Å². The van der Waals surface area contributed by atoms with Crippen LogP contribution in [0.2, 0.25) is 0 Å². The quantitative estimate of drug-likeness (QED) is 0.672. The molecule has 5 amide bonds. The lowest BCUT2D eigenvalue weighted by Gasteiger charge is -2.33. The van der Waals surface area contributed by atoms with Crippen molar-refractivity contribution >= 4 is 23.7 Å². The molecule has 170 valence electrons. The second-order valence-corrected chi connectivity index (χ2v) is 8.77. The van der Waals surface area contributed by atoms with Crippen LogP contribution in [0.5, 0.6) is 0 Å². The molecule has 31 heavy (non-hydrogen) atoms. The van der Waals surface area contributed by atoms with Crippen molar-refractivity contribution in [2.45, 2.75) is 63.5 Å². The van der Waals surface area contributed by atoms with Crippen molar-refractivity contribution in [3.05, 3.63) is 29.8 Å². The number of carbonyl (C=O) groups is 3. The van der Waals surface area contributed by atoms with E-state index in [0.29, 0.717) is 24.8 Å². The first-order valence-corrected chi connectivity index (χ1v) is 11.3. The van der Waals surface area contributed by atoms with E-state index in [9.17, 15) is 14.4 Å². The van der Waals surface area contributed by atoms with Crippen molar-refractivity contribution in [3.63, 3.8) is 0 Å². The number of hydrogen-bond acceptors (Lipinski definition) is 3. The highest BCUT2D eigenvalue weighted by molar-refractivity contribution is 5.91. The van der Waals surface area contributed by atoms with Gasteiger partial charge in [0, 0.05) is 45.0 Å². The molecule has 3 N–H and O–H groups in total. The third kappa shape index (κ3) is 6.87. The van der Waals surface area contributed by atoms with E-state index in [0.717, 1.165) is 31.2 Å². The highest BCUT2D eigenvalue weighted by atomic mass is 16.2. The molecule has 0 radical (unpaired) electrons. The van der Waals surface area contributed by atoms with Crippen LogP contribution in [0.1, 0.15) is 50.5 Å². The third-order valence-electron chi connectivity index (χ3n) is 6.16. The Balaban J connectivity index is 1.45. The summed E-state index contributed by atoms with van der Waals surface area (Å²) in [5, 5.41) is 9.11. The molecule has 1 aromatic carbocycles. The number of rotatable bonds is 5. The molecule has 1 saturated carbocycles. The fourth-order valence-corrected chi connectivity index (χ4v) is 4.20. The van der Waals surface area contributed by atoms with Crippen LogP contribution in [0.3, 0.4) is 0 Å². The Bertz CT molecular complexity index is 768. The minimum atomic E-state index is -0.171. The van der Waals surface area contributed by atoms with Gasteiger partial charge in [0.1, 0.15) is 0 Å². The maximum absolute atomic E-state index is 12.8. The molecule has 0 unspecified atom stereocenters. The van der Waals surface area contributed by atoms with Crippen LogP contribution in [0.4, 0.5) is 15.3 Å². The smallest absolute Gasteiger partial charge is 0.321 e. The van der Waals surface area contributed by atoms with Gasteiger partial charge in [-0.1, -0.05) is 37.5 Å². The van der Waals surface area contributed by atoms with Gasteiger partial charge in [-0.15, -0.1) is 0 Å². The molecule has 8 nitrogen and oxygen atoms in total. The summed E-state index contributed by atoms with van der Waals surface area (Å²) < 4.78 is 0. The van der Waals surface area contributed by atoms with Gasteiger partial charge in [-0.3, -0.25) is 4.79 Å². The molecule has 2 fully saturated rings. The molecule has 2 aliphatic rings. The number of benzene rings is 1. The minimum Gasteiger partial charge on any atom is -0.349 e. The lowest BCUT2D eigenvalue weighted by molar-refractivity contribution is -0.127. The topological polar surface area (TPSA) is 93.8 Å². The van der Waals surface area contributed by atoms with E-state index < -0.39 is 0 Å². The predicted molar refractivity (Wildman–Crippen MR) is 121 cm³/mol. The molecule has 1 saturated heterocycles. The van der Waals surface area contributed by atoms with Crippen molar-refractivity contribution in [2.24, 2.45) is 0 Å². The largest absolute Gasteiger partial charge is 0.349 e. The Labute approximate surface area is 184 Å². The van der Waals surface area contributed by atoms with E-state index in [1.165, 1.54) is 19.3 Å². The van der Waals surface area contributed by atoms with Crippen LogP contribution in [0.15, 0.2) is 24.3 Å². The summed E-state index contributed by atoms with van der Waals surface area (Å²) in [4.78, 5) is 40.4. The summed E-state index contributed by atoms with van der Waals surface area (Å²) >= 11 is 0. The molecule has 8 heteroatoms. The van der Waals surface area contributed by atoms with E-state index >= 15 is 0 Å². The first kappa shape index (κ1) is 22.9. The third-order valence-corrected chi connectivity index (χ3v) is 6.16. The van der Waals surface area contributed by atoms with E-state index in [2.05, 4.69) is 16.0 Å². The zero-order valence-corrected chi connectivity index (χ0v) is 18.7. The average Bonchev–Trinajstić information content (AvgIpc) is 2.76. The second kappa shape index (κ2) is 11.0. The maximum Gasteiger partial charge on any atom is 0.321 e. The first-order valence-electron chi connectivity index (χ1n) is 11.3. The van der Waals surface area contributed by atoms with Gasteiger partial charge < -0.3 is 25.8 Å². The molecule has 3 rings (SSSR count). The Morgan fingerprint density at radius 3 is 2.19 bits per heavy atom. The number of hydrogen-bond donors (Lipinski definition) is 3. The summed E-state index contributed by atoms with van der Waals surface area (Å²) in [5.74, 6) is -0.0138. The molecule has 0 spiro atoms. The number of amides is 5. The Hall–Kier alpha value is -2.77. The van der Waals surface area contributed by atoms with Crippen molar-refractivity contribution in [1.82, 2.24) is 20.4 Å². The number of para-hydroxylation sites is 1. The van der Waals surface area contributed by atoms with Gasteiger partial charge in [0.05, 0.1) is 6.42 Å². The van der Waals surface area contributed by atoms with E-state index in [1.807, 2.05) is 24.3 Å². The molecular formula is C23H35N5O3. The number of piperidine rings is 1. The second-order valence-electron chi connectivity index (χ2n) is 8.77. The van der Waals surface area contributed by atoms with Crippen LogP contribution < -0.4 is 16.0 Å². The lowest BCUT2D eigenvalue weighted by Crippen LogP contribution is -2.51. The molecule has 1 heterocycles. The molecule has 0 aromatic heterocycles. The van der Waals surface area contributed by atoms with Gasteiger partial charge in [-0.05, 0) is 37.3 Å². The molecule has 0 atom stereocenters. The summed E-state index contributed by atoms with van der Waals surface area (Å²) in [7, 11) is 3.44. The highest BCUT2D eigenvalue weighted by Gasteiger charge is 2.25. The minimum absolute atomic E-state index is 0.0138. The zero-order valence-electron chi connectivity index (χ0n) is 18.7. The summed E-state index contributed by atoms with van der Waals surface area (Å²) in [6, 6.07) is 7.50. The number of nitrogens with one attached hydrogen (secondary N) is 3. The van der Waals surface area contributed by atoms with Crippen LogP contribution in [0, 0.1) is 0 Å². The molecule has 1 aromatic rings. The Morgan fingerprint density at radius 1 is 0.935 bits per heavy atom. The van der Waals surface area contributed by atoms with Gasteiger partial charge >= 0.3 is 12.1 Å². The number of likely N-dealkylation sites (N-methyl/N-ethyl adjacent to an activating group) is 1. The first-order chi connectivity index (χ1) is 14.9. The molecule has 1 aliphatic carbocycles. The Kier molecular flexibility index (Phi) is 8.14. The van der Waals surface area contributed by atoms with Crippen molar-refractivity contribution in [2.75, 3.05) is 32.5 Å². The van der Waals surface area contributed by atoms with Crippen molar-refractivity contribution in [3.8, 4) is 0 Å². The number of anilines is 1. The van der Waals surface area contributed by atoms with Crippen LogP contribution in [0.25, 0.3) is 0 Å². The van der Waals surface area contributed by atoms with Gasteiger partial charge in [-0.25, -0.2) is 9.59 Å². The predicted octanol–water partition coefficient (Wildman–Crippen LogP) is 2.95. The van der Waals surface area contributed by atoms with Gasteiger partial charge in [0.15, 0.2) is 0 Å². The van der Waals surface area contributed by atoms with Crippen molar-refractivity contribution in [1.29, 1.82) is 0 Å². The van der Waals surface area contributed by atoms with Crippen LogP contribution in [-0.4, -0.2) is 67.0 Å². The SMILES string of the molecule is CN(C)C(=O)Cc1ccccc1NC(=O)N1CCC(NC(=O)NC2CCCCC2)CC1. The van der Waals surface area contributed by atoms with E-state index in [4.69, 9.17) is 0 Å². The average molecular weight is 430 g/mol. The molecule has 1 aliphatic heterocycles. The van der Waals surface area contributed by atoms with Gasteiger partial charge in [0.2, 0.25) is 5.91 Å². The number of carbonyl (C=O) groups excluding carboxylic acids is 3. The standard InChI is InChI=1S/C23H35N5O3/c1-27(2)21(29)16-17-8-6-7-11-20(17)26-23(31)28-14-12-19(13-15-28)25-22(30)24-18-9-4-3-5-10-18/h6-8,11,18-19H,3-5,9-10,12-16H2,1-2H3,(H,26,31)(H2,24,25,30).